The van der Waals surface area contributed by atoms with Gasteiger partial charge in [0.2, 0.25) is 0 Å². The van der Waals surface area contributed by atoms with Crippen LogP contribution in [-0.2, 0) is 4.74 Å². The second-order valence-electron chi connectivity index (χ2n) is 5.21. The summed E-state index contributed by atoms with van der Waals surface area (Å²) in [5, 5.41) is 0.940. The van der Waals surface area contributed by atoms with Crippen molar-refractivity contribution < 1.29 is 13.9 Å². The minimum atomic E-state index is -0.328. The highest BCUT2D eigenvalue weighted by Gasteiger charge is 2.10. The molecular formula is C16H20ClNO4. The number of fused-ring (bicyclic) bond motifs is 1. The lowest BCUT2D eigenvalue weighted by atomic mass is 10.1. The predicted octanol–water partition coefficient (Wildman–Crippen LogP) is 2.23. The highest BCUT2D eigenvalue weighted by Crippen LogP contribution is 2.22. The van der Waals surface area contributed by atoms with Gasteiger partial charge in [-0.05, 0) is 24.6 Å². The first-order chi connectivity index (χ1) is 10.2. The predicted molar refractivity (Wildman–Crippen MR) is 87.2 cm³/mol. The number of hydrogen-bond donors (Lipinski definition) is 0. The SMILES string of the molecule is Cc1cc(=O)oc2cc(OCCN3CCOCC3)ccc12.Cl. The first-order valence-electron chi connectivity index (χ1n) is 7.20. The van der Waals surface area contributed by atoms with Crippen molar-refractivity contribution in [2.75, 3.05) is 39.5 Å². The molecule has 22 heavy (non-hydrogen) atoms. The van der Waals surface area contributed by atoms with Crippen LogP contribution < -0.4 is 10.4 Å². The lowest BCUT2D eigenvalue weighted by Gasteiger charge is -2.26. The van der Waals surface area contributed by atoms with Gasteiger partial charge in [0.15, 0.2) is 0 Å². The topological polar surface area (TPSA) is 51.9 Å². The van der Waals surface area contributed by atoms with Gasteiger partial charge in [0.1, 0.15) is 17.9 Å². The summed E-state index contributed by atoms with van der Waals surface area (Å²) in [5.41, 5.74) is 1.16. The molecule has 0 N–H and O–H groups in total. The van der Waals surface area contributed by atoms with Crippen molar-refractivity contribution in [2.45, 2.75) is 6.92 Å². The molecule has 1 aliphatic heterocycles. The van der Waals surface area contributed by atoms with Gasteiger partial charge in [0, 0.05) is 37.2 Å². The zero-order valence-electron chi connectivity index (χ0n) is 12.5. The molecule has 120 valence electrons. The lowest BCUT2D eigenvalue weighted by Crippen LogP contribution is -2.38. The normalized spacial score (nSPS) is 15.5. The maximum Gasteiger partial charge on any atom is 0.336 e. The van der Waals surface area contributed by atoms with E-state index >= 15 is 0 Å². The molecule has 2 heterocycles. The third-order valence-corrected chi connectivity index (χ3v) is 3.70. The summed E-state index contributed by atoms with van der Waals surface area (Å²) >= 11 is 0. The van der Waals surface area contributed by atoms with Gasteiger partial charge in [-0.15, -0.1) is 12.4 Å². The molecule has 0 aliphatic carbocycles. The molecule has 3 rings (SSSR count). The molecule has 0 spiro atoms. The Morgan fingerprint density at radius 3 is 2.77 bits per heavy atom. The number of nitrogens with zero attached hydrogens (tertiary/aromatic N) is 1. The minimum absolute atomic E-state index is 0. The quantitative estimate of drug-likeness (QED) is 0.807. The van der Waals surface area contributed by atoms with Gasteiger partial charge in [0.25, 0.3) is 0 Å². The van der Waals surface area contributed by atoms with Crippen LogP contribution in [0.2, 0.25) is 0 Å². The molecule has 1 aliphatic rings. The monoisotopic (exact) mass is 325 g/mol. The smallest absolute Gasteiger partial charge is 0.336 e. The Morgan fingerprint density at radius 2 is 2.00 bits per heavy atom. The molecule has 2 aromatic rings. The van der Waals surface area contributed by atoms with E-state index in [0.717, 1.165) is 49.5 Å². The van der Waals surface area contributed by atoms with Crippen LogP contribution in [0.25, 0.3) is 11.0 Å². The van der Waals surface area contributed by atoms with Crippen LogP contribution >= 0.6 is 12.4 Å². The van der Waals surface area contributed by atoms with Crippen molar-refractivity contribution in [2.24, 2.45) is 0 Å². The molecule has 0 amide bonds. The number of rotatable bonds is 4. The van der Waals surface area contributed by atoms with Crippen molar-refractivity contribution in [3.63, 3.8) is 0 Å². The average Bonchev–Trinajstić information content (AvgIpc) is 2.48. The lowest BCUT2D eigenvalue weighted by molar-refractivity contribution is 0.0322. The van der Waals surface area contributed by atoms with E-state index in [4.69, 9.17) is 13.9 Å². The summed E-state index contributed by atoms with van der Waals surface area (Å²) in [6.45, 7) is 6.88. The van der Waals surface area contributed by atoms with Gasteiger partial charge in [-0.1, -0.05) is 0 Å². The number of benzene rings is 1. The van der Waals surface area contributed by atoms with E-state index < -0.39 is 0 Å². The number of aryl methyl sites for hydroxylation is 1. The molecule has 1 fully saturated rings. The van der Waals surface area contributed by atoms with Crippen molar-refractivity contribution in [1.82, 2.24) is 4.90 Å². The summed E-state index contributed by atoms with van der Waals surface area (Å²) in [6.07, 6.45) is 0. The van der Waals surface area contributed by atoms with E-state index in [1.165, 1.54) is 6.07 Å². The Balaban J connectivity index is 0.00000176. The number of ether oxygens (including phenoxy) is 2. The molecule has 5 nitrogen and oxygen atoms in total. The summed E-state index contributed by atoms with van der Waals surface area (Å²) in [5.74, 6) is 0.726. The van der Waals surface area contributed by atoms with Gasteiger partial charge < -0.3 is 13.9 Å². The molecule has 0 saturated carbocycles. The third-order valence-electron chi connectivity index (χ3n) is 3.70. The fourth-order valence-electron chi connectivity index (χ4n) is 2.51. The van der Waals surface area contributed by atoms with Crippen LogP contribution in [-0.4, -0.2) is 44.4 Å². The van der Waals surface area contributed by atoms with Gasteiger partial charge >= 0.3 is 5.63 Å². The first-order valence-corrected chi connectivity index (χ1v) is 7.20. The van der Waals surface area contributed by atoms with Crippen LogP contribution in [0.4, 0.5) is 0 Å². The van der Waals surface area contributed by atoms with E-state index in [-0.39, 0.29) is 18.0 Å². The van der Waals surface area contributed by atoms with Crippen LogP contribution in [0.15, 0.2) is 33.5 Å². The third kappa shape index (κ3) is 4.00. The van der Waals surface area contributed by atoms with Crippen molar-refractivity contribution in [3.05, 3.63) is 40.2 Å². The molecule has 0 radical (unpaired) electrons. The second kappa shape index (κ2) is 7.63. The Bertz CT molecular complexity index is 679. The molecule has 0 unspecified atom stereocenters. The van der Waals surface area contributed by atoms with Gasteiger partial charge in [-0.3, -0.25) is 4.90 Å². The Hall–Kier alpha value is -1.56. The van der Waals surface area contributed by atoms with Crippen LogP contribution in [0, 0.1) is 6.92 Å². The van der Waals surface area contributed by atoms with Gasteiger partial charge in [0.05, 0.1) is 13.2 Å². The van der Waals surface area contributed by atoms with Crippen LogP contribution in [0.1, 0.15) is 5.56 Å². The van der Waals surface area contributed by atoms with E-state index in [1.54, 1.807) is 6.07 Å². The molecule has 0 atom stereocenters. The first kappa shape index (κ1) is 16.8. The van der Waals surface area contributed by atoms with Crippen molar-refractivity contribution in [3.8, 4) is 5.75 Å². The average molecular weight is 326 g/mol. The van der Waals surface area contributed by atoms with Crippen LogP contribution in [0.5, 0.6) is 5.75 Å². The fourth-order valence-corrected chi connectivity index (χ4v) is 2.51. The van der Waals surface area contributed by atoms with Gasteiger partial charge in [-0.2, -0.15) is 0 Å². The molecule has 1 aromatic carbocycles. The van der Waals surface area contributed by atoms with Crippen molar-refractivity contribution in [1.29, 1.82) is 0 Å². The summed E-state index contributed by atoms with van der Waals surface area (Å²) in [7, 11) is 0. The maximum absolute atomic E-state index is 11.4. The number of morpholine rings is 1. The highest BCUT2D eigenvalue weighted by atomic mass is 35.5. The molecule has 1 saturated heterocycles. The van der Waals surface area contributed by atoms with E-state index in [9.17, 15) is 4.79 Å². The largest absolute Gasteiger partial charge is 0.492 e. The zero-order valence-corrected chi connectivity index (χ0v) is 13.4. The molecule has 0 bridgehead atoms. The molecule has 6 heteroatoms. The van der Waals surface area contributed by atoms with E-state index in [0.29, 0.717) is 12.2 Å². The Kier molecular flexibility index (Phi) is 5.83. The van der Waals surface area contributed by atoms with E-state index in [2.05, 4.69) is 4.90 Å². The van der Waals surface area contributed by atoms with Crippen LogP contribution in [0.3, 0.4) is 0 Å². The Labute approximate surface area is 135 Å². The summed E-state index contributed by atoms with van der Waals surface area (Å²) < 4.78 is 16.3. The number of hydrogen-bond acceptors (Lipinski definition) is 5. The summed E-state index contributed by atoms with van der Waals surface area (Å²) in [6, 6.07) is 7.12. The standard InChI is InChI=1S/C16H19NO4.ClH/c1-12-10-16(18)21-15-11-13(2-3-14(12)15)20-9-6-17-4-7-19-8-5-17;/h2-3,10-11H,4-9H2,1H3;1H. The maximum atomic E-state index is 11.4. The summed E-state index contributed by atoms with van der Waals surface area (Å²) in [4.78, 5) is 13.7. The molecular weight excluding hydrogens is 306 g/mol. The second-order valence-corrected chi connectivity index (χ2v) is 5.21. The zero-order chi connectivity index (χ0) is 14.7. The number of halogens is 1. The highest BCUT2D eigenvalue weighted by molar-refractivity contribution is 5.85. The van der Waals surface area contributed by atoms with Crippen molar-refractivity contribution >= 4 is 23.4 Å². The minimum Gasteiger partial charge on any atom is -0.492 e. The fraction of sp³-hybridized carbons (Fsp3) is 0.438. The van der Waals surface area contributed by atoms with E-state index in [1.807, 2.05) is 19.1 Å². The Morgan fingerprint density at radius 1 is 1.23 bits per heavy atom. The van der Waals surface area contributed by atoms with Gasteiger partial charge in [-0.25, -0.2) is 4.79 Å². The molecule has 1 aromatic heterocycles.